The van der Waals surface area contributed by atoms with Gasteiger partial charge in [-0.25, -0.2) is 0 Å². The number of fused-ring (bicyclic) bond motifs is 4. The Morgan fingerprint density at radius 3 is 2.48 bits per heavy atom. The molecule has 1 saturated heterocycles. The maximum absolute atomic E-state index is 13.7. The number of ketones is 1. The molecule has 6 aliphatic rings. The van der Waals surface area contributed by atoms with Crippen LogP contribution in [0, 0.1) is 52.3 Å². The number of epoxide rings is 1. The van der Waals surface area contributed by atoms with Crippen molar-refractivity contribution in [3.63, 3.8) is 0 Å². The molecule has 0 spiro atoms. The molecule has 6 heteroatoms. The van der Waals surface area contributed by atoms with E-state index in [0.717, 1.165) is 24.8 Å². The standard InChI is InChI=1S/C34H52O6/c1-18(2)17-39-33(30-29(40-30)20(5)19(3)4)11-8-9-21-13-22-23(34(38)12-10-28(33)32(21,34)7)14-25(35)24-15-26(36)27(37)16-31(22,24)6/h8-9,14,18-22,24,26-30,36-38H,10-13,15-17H2,1-7H3. The van der Waals surface area contributed by atoms with E-state index in [1.54, 1.807) is 6.08 Å². The number of hydrogen-bond acceptors (Lipinski definition) is 6. The summed E-state index contributed by atoms with van der Waals surface area (Å²) in [5, 5.41) is 34.1. The Hall–Kier alpha value is -1.05. The maximum atomic E-state index is 13.7. The summed E-state index contributed by atoms with van der Waals surface area (Å²) in [5.74, 6) is 1.16. The molecular formula is C34H52O6. The minimum absolute atomic E-state index is 0.00135. The SMILES string of the molecule is CC(C)COC1(C2OC2C(C)C(C)C)CC=CC2CC3C(=CC(=O)C4CC(O)C(O)CC43C)C3(O)CCC1C23C. The average molecular weight is 557 g/mol. The van der Waals surface area contributed by atoms with E-state index in [1.165, 1.54) is 0 Å². The van der Waals surface area contributed by atoms with Gasteiger partial charge < -0.3 is 24.8 Å². The van der Waals surface area contributed by atoms with E-state index in [0.29, 0.717) is 37.2 Å². The molecule has 3 N–H and O–H groups in total. The summed E-state index contributed by atoms with van der Waals surface area (Å²) in [5.41, 5.74) is -1.78. The Morgan fingerprint density at radius 2 is 1.80 bits per heavy atom. The zero-order valence-corrected chi connectivity index (χ0v) is 25.6. The van der Waals surface area contributed by atoms with Crippen LogP contribution in [0.15, 0.2) is 23.8 Å². The molecule has 13 atom stereocenters. The summed E-state index contributed by atoms with van der Waals surface area (Å²) in [6.07, 6.45) is 8.52. The number of aliphatic hydroxyl groups excluding tert-OH is 2. The van der Waals surface area contributed by atoms with Gasteiger partial charge >= 0.3 is 0 Å². The molecule has 13 unspecified atom stereocenters. The smallest absolute Gasteiger partial charge is 0.159 e. The third-order valence-corrected chi connectivity index (χ3v) is 13.0. The molecule has 0 bridgehead atoms. The molecule has 0 radical (unpaired) electrons. The Morgan fingerprint density at radius 1 is 1.07 bits per heavy atom. The highest BCUT2D eigenvalue weighted by atomic mass is 16.6. The molecule has 6 nitrogen and oxygen atoms in total. The molecule has 5 aliphatic carbocycles. The van der Waals surface area contributed by atoms with E-state index in [9.17, 15) is 20.1 Å². The van der Waals surface area contributed by atoms with E-state index >= 15 is 0 Å². The van der Waals surface area contributed by atoms with Crippen LogP contribution in [0.1, 0.15) is 87.0 Å². The van der Waals surface area contributed by atoms with E-state index in [4.69, 9.17) is 9.47 Å². The van der Waals surface area contributed by atoms with E-state index in [1.807, 2.05) is 0 Å². The van der Waals surface area contributed by atoms with E-state index < -0.39 is 34.2 Å². The molecule has 1 heterocycles. The van der Waals surface area contributed by atoms with Gasteiger partial charge in [0.05, 0.1) is 23.9 Å². The number of carbonyl (C=O) groups excluding carboxylic acids is 1. The number of allylic oxidation sites excluding steroid dienone is 2. The lowest BCUT2D eigenvalue weighted by Gasteiger charge is -2.62. The van der Waals surface area contributed by atoms with Gasteiger partial charge in [-0.15, -0.1) is 0 Å². The third kappa shape index (κ3) is 3.81. The predicted molar refractivity (Wildman–Crippen MR) is 153 cm³/mol. The van der Waals surface area contributed by atoms with Crippen molar-refractivity contribution in [3.8, 4) is 0 Å². The number of rotatable bonds is 6. The summed E-state index contributed by atoms with van der Waals surface area (Å²) in [6, 6.07) is 0. The first-order valence-electron chi connectivity index (χ1n) is 16.0. The van der Waals surface area contributed by atoms with Crippen LogP contribution in [0.25, 0.3) is 0 Å². The highest BCUT2D eigenvalue weighted by Crippen LogP contribution is 2.72. The van der Waals surface area contributed by atoms with Crippen LogP contribution < -0.4 is 0 Å². The van der Waals surface area contributed by atoms with Gasteiger partial charge in [-0.2, -0.15) is 0 Å². The zero-order valence-electron chi connectivity index (χ0n) is 25.6. The number of aliphatic hydroxyl groups is 3. The quantitative estimate of drug-likeness (QED) is 0.320. The van der Waals surface area contributed by atoms with Crippen LogP contribution in [0.3, 0.4) is 0 Å². The van der Waals surface area contributed by atoms with Crippen LogP contribution in [0.4, 0.5) is 0 Å². The molecular weight excluding hydrogens is 504 g/mol. The third-order valence-electron chi connectivity index (χ3n) is 13.0. The zero-order chi connectivity index (χ0) is 29.0. The van der Waals surface area contributed by atoms with Crippen molar-refractivity contribution in [2.45, 2.75) is 123 Å². The van der Waals surface area contributed by atoms with Gasteiger partial charge in [0.1, 0.15) is 11.7 Å². The van der Waals surface area contributed by atoms with Crippen molar-refractivity contribution in [3.05, 3.63) is 23.8 Å². The summed E-state index contributed by atoms with van der Waals surface area (Å²) < 4.78 is 13.6. The molecule has 0 aromatic heterocycles. The highest BCUT2D eigenvalue weighted by molar-refractivity contribution is 5.95. The Balaban J connectivity index is 1.44. The van der Waals surface area contributed by atoms with Crippen molar-refractivity contribution in [1.82, 2.24) is 0 Å². The van der Waals surface area contributed by atoms with Gasteiger partial charge in [0, 0.05) is 17.9 Å². The second kappa shape index (κ2) is 9.47. The number of ether oxygens (including phenoxy) is 2. The first kappa shape index (κ1) is 29.0. The number of carbonyl (C=O) groups is 1. The Labute approximate surface area is 240 Å². The normalized spacial score (nSPS) is 52.1. The monoisotopic (exact) mass is 556 g/mol. The van der Waals surface area contributed by atoms with Gasteiger partial charge in [0.25, 0.3) is 0 Å². The van der Waals surface area contributed by atoms with Gasteiger partial charge in [-0.1, -0.05) is 60.6 Å². The second-order valence-electron chi connectivity index (χ2n) is 15.7. The van der Waals surface area contributed by atoms with Gasteiger partial charge in [-0.3, -0.25) is 4.79 Å². The first-order chi connectivity index (χ1) is 18.7. The molecule has 6 rings (SSSR count). The average Bonchev–Trinajstić information content (AvgIpc) is 3.64. The molecule has 4 fully saturated rings. The van der Waals surface area contributed by atoms with Gasteiger partial charge in [0.2, 0.25) is 0 Å². The predicted octanol–water partition coefficient (Wildman–Crippen LogP) is 4.85. The maximum Gasteiger partial charge on any atom is 0.159 e. The highest BCUT2D eigenvalue weighted by Gasteiger charge is 2.75. The minimum Gasteiger partial charge on any atom is -0.390 e. The van der Waals surface area contributed by atoms with E-state index in [-0.39, 0.29) is 48.1 Å². The molecule has 3 saturated carbocycles. The van der Waals surface area contributed by atoms with Crippen LogP contribution in [-0.4, -0.2) is 63.3 Å². The Bertz CT molecular complexity index is 1100. The van der Waals surface area contributed by atoms with Crippen molar-refractivity contribution in [1.29, 1.82) is 0 Å². The summed E-state index contributed by atoms with van der Waals surface area (Å²) in [4.78, 5) is 13.7. The lowest BCUT2D eigenvalue weighted by Crippen LogP contribution is -2.65. The fraction of sp³-hybridized carbons (Fsp3) is 0.853. The molecule has 0 amide bonds. The molecule has 0 aromatic rings. The van der Waals surface area contributed by atoms with Crippen LogP contribution in [0.5, 0.6) is 0 Å². The fourth-order valence-electron chi connectivity index (χ4n) is 10.2. The van der Waals surface area contributed by atoms with Crippen molar-refractivity contribution < 1.29 is 29.6 Å². The molecule has 40 heavy (non-hydrogen) atoms. The first-order valence-corrected chi connectivity index (χ1v) is 16.0. The van der Waals surface area contributed by atoms with Crippen molar-refractivity contribution in [2.75, 3.05) is 6.61 Å². The topological polar surface area (TPSA) is 99.5 Å². The molecule has 1 aliphatic heterocycles. The van der Waals surface area contributed by atoms with E-state index in [2.05, 4.69) is 60.6 Å². The lowest BCUT2D eigenvalue weighted by atomic mass is 9.43. The fourth-order valence-corrected chi connectivity index (χ4v) is 10.2. The molecule has 224 valence electrons. The minimum atomic E-state index is -1.13. The van der Waals surface area contributed by atoms with Crippen molar-refractivity contribution >= 4 is 5.78 Å². The summed E-state index contributed by atoms with van der Waals surface area (Å²) >= 11 is 0. The Kier molecular flexibility index (Phi) is 6.88. The number of hydrogen-bond donors (Lipinski definition) is 3. The largest absolute Gasteiger partial charge is 0.390 e. The van der Waals surface area contributed by atoms with Gasteiger partial charge in [-0.05, 0) is 91.1 Å². The van der Waals surface area contributed by atoms with Crippen molar-refractivity contribution in [2.24, 2.45) is 52.3 Å². The van der Waals surface area contributed by atoms with Crippen LogP contribution >= 0.6 is 0 Å². The van der Waals surface area contributed by atoms with Crippen LogP contribution in [0.2, 0.25) is 0 Å². The summed E-state index contributed by atoms with van der Waals surface area (Å²) in [7, 11) is 0. The second-order valence-corrected chi connectivity index (χ2v) is 15.7. The van der Waals surface area contributed by atoms with Gasteiger partial charge in [0.15, 0.2) is 5.78 Å². The van der Waals surface area contributed by atoms with Crippen LogP contribution in [-0.2, 0) is 14.3 Å². The molecule has 0 aromatic carbocycles. The summed E-state index contributed by atoms with van der Waals surface area (Å²) in [6.45, 7) is 16.2. The lowest BCUT2D eigenvalue weighted by molar-refractivity contribution is -0.187.